The fraction of sp³-hybridized carbons (Fsp3) is 0.455. The van der Waals surface area contributed by atoms with E-state index in [1.165, 1.54) is 5.57 Å². The Balaban J connectivity index is 2.92. The second-order valence-corrected chi connectivity index (χ2v) is 3.80. The van der Waals surface area contributed by atoms with E-state index in [1.807, 2.05) is 38.9 Å². The van der Waals surface area contributed by atoms with Crippen molar-refractivity contribution in [2.75, 3.05) is 14.1 Å². The van der Waals surface area contributed by atoms with Crippen molar-refractivity contribution in [3.8, 4) is 0 Å². The van der Waals surface area contributed by atoms with Crippen LogP contribution >= 0.6 is 0 Å². The predicted molar refractivity (Wildman–Crippen MR) is 55.5 cm³/mol. The van der Waals surface area contributed by atoms with Gasteiger partial charge in [-0.2, -0.15) is 0 Å². The maximum atomic E-state index is 9.57. The highest BCUT2D eigenvalue weighted by molar-refractivity contribution is 5.41. The summed E-state index contributed by atoms with van der Waals surface area (Å²) in [7, 11) is 4.01. The van der Waals surface area contributed by atoms with Crippen LogP contribution in [0.15, 0.2) is 34.8 Å². The molecule has 1 aliphatic carbocycles. The number of rotatable bonds is 1. The van der Waals surface area contributed by atoms with Gasteiger partial charge in [-0.15, -0.1) is 0 Å². The fourth-order valence-electron chi connectivity index (χ4n) is 1.54. The van der Waals surface area contributed by atoms with Crippen LogP contribution in [-0.2, 0) is 0 Å². The lowest BCUT2D eigenvalue weighted by Crippen LogP contribution is -2.05. The Morgan fingerprint density at radius 2 is 2.00 bits per heavy atom. The lowest BCUT2D eigenvalue weighted by Gasteiger charge is -2.16. The number of aliphatic hydroxyl groups is 1. The van der Waals surface area contributed by atoms with Crippen LogP contribution in [0.4, 0.5) is 0 Å². The molecule has 1 rings (SSSR count). The van der Waals surface area contributed by atoms with Crippen molar-refractivity contribution < 1.29 is 5.11 Å². The van der Waals surface area contributed by atoms with Crippen LogP contribution in [0.5, 0.6) is 0 Å². The molecule has 2 heteroatoms. The summed E-state index contributed by atoms with van der Waals surface area (Å²) in [5.41, 5.74) is 3.25. The molecule has 0 amide bonds. The van der Waals surface area contributed by atoms with Gasteiger partial charge in [0.05, 0.1) is 0 Å². The molecule has 0 aliphatic heterocycles. The molecule has 2 nitrogen and oxygen atoms in total. The van der Waals surface area contributed by atoms with Gasteiger partial charge in [-0.05, 0) is 37.0 Å². The minimum absolute atomic E-state index is 0.455. The van der Waals surface area contributed by atoms with Gasteiger partial charge in [0.15, 0.2) is 0 Å². The molecule has 0 unspecified atom stereocenters. The van der Waals surface area contributed by atoms with E-state index in [4.69, 9.17) is 0 Å². The van der Waals surface area contributed by atoms with Gasteiger partial charge < -0.3 is 10.0 Å². The lowest BCUT2D eigenvalue weighted by atomic mass is 9.96. The Bertz CT molecular complexity index is 295. The second-order valence-electron chi connectivity index (χ2n) is 3.80. The SMILES string of the molecule is CC1=CC(=CN(C)C)CC(C)=C1O. The molecule has 0 saturated heterocycles. The zero-order valence-electron chi connectivity index (χ0n) is 8.76. The van der Waals surface area contributed by atoms with Crippen LogP contribution in [0.2, 0.25) is 0 Å². The molecule has 0 saturated carbocycles. The molecular weight excluding hydrogens is 162 g/mol. The van der Waals surface area contributed by atoms with E-state index in [2.05, 4.69) is 6.20 Å². The quantitative estimate of drug-likeness (QED) is 0.668. The van der Waals surface area contributed by atoms with Crippen molar-refractivity contribution >= 4 is 0 Å². The lowest BCUT2D eigenvalue weighted by molar-refractivity contribution is 0.412. The van der Waals surface area contributed by atoms with Gasteiger partial charge in [0, 0.05) is 20.3 Å². The average Bonchev–Trinajstić information content (AvgIpc) is 1.98. The van der Waals surface area contributed by atoms with Gasteiger partial charge in [-0.3, -0.25) is 0 Å². The molecule has 0 bridgehead atoms. The molecule has 1 aliphatic rings. The van der Waals surface area contributed by atoms with Crippen molar-refractivity contribution in [3.63, 3.8) is 0 Å². The normalized spacial score (nSPS) is 20.6. The number of allylic oxidation sites excluding steroid dienone is 4. The van der Waals surface area contributed by atoms with E-state index < -0.39 is 0 Å². The zero-order valence-corrected chi connectivity index (χ0v) is 8.76. The highest BCUT2D eigenvalue weighted by atomic mass is 16.3. The Labute approximate surface area is 79.9 Å². The van der Waals surface area contributed by atoms with Gasteiger partial charge >= 0.3 is 0 Å². The third-order valence-electron chi connectivity index (χ3n) is 2.07. The van der Waals surface area contributed by atoms with E-state index in [-0.39, 0.29) is 0 Å². The molecule has 0 aromatic carbocycles. The average molecular weight is 179 g/mol. The molecule has 0 spiro atoms. The summed E-state index contributed by atoms with van der Waals surface area (Å²) < 4.78 is 0. The fourth-order valence-corrected chi connectivity index (χ4v) is 1.54. The first-order chi connectivity index (χ1) is 6.00. The maximum absolute atomic E-state index is 9.57. The van der Waals surface area contributed by atoms with Gasteiger partial charge in [0.25, 0.3) is 0 Å². The molecule has 1 N–H and O–H groups in total. The van der Waals surface area contributed by atoms with Crippen LogP contribution in [0.25, 0.3) is 0 Å². The van der Waals surface area contributed by atoms with Crippen LogP contribution in [0, 0.1) is 0 Å². The predicted octanol–water partition coefficient (Wildman–Crippen LogP) is 2.61. The molecule has 72 valence electrons. The number of hydrogen-bond acceptors (Lipinski definition) is 2. The molecule has 0 fully saturated rings. The van der Waals surface area contributed by atoms with Crippen LogP contribution in [-0.4, -0.2) is 24.1 Å². The summed E-state index contributed by atoms with van der Waals surface area (Å²) in [5.74, 6) is 0.455. The van der Waals surface area contributed by atoms with Gasteiger partial charge in [0.1, 0.15) is 5.76 Å². The number of aliphatic hydroxyl groups excluding tert-OH is 1. The summed E-state index contributed by atoms with van der Waals surface area (Å²) in [6.45, 7) is 3.90. The van der Waals surface area contributed by atoms with Gasteiger partial charge in [-0.1, -0.05) is 6.08 Å². The van der Waals surface area contributed by atoms with Crippen LogP contribution < -0.4 is 0 Å². The molecular formula is C11H17NO. The highest BCUT2D eigenvalue weighted by Gasteiger charge is 2.11. The van der Waals surface area contributed by atoms with Crippen LogP contribution in [0.1, 0.15) is 20.3 Å². The smallest absolute Gasteiger partial charge is 0.117 e. The van der Waals surface area contributed by atoms with Gasteiger partial charge in [0.2, 0.25) is 0 Å². The molecule has 0 heterocycles. The number of hydrogen-bond donors (Lipinski definition) is 1. The molecule has 0 aromatic heterocycles. The summed E-state index contributed by atoms with van der Waals surface area (Å²) in [6, 6.07) is 0. The maximum Gasteiger partial charge on any atom is 0.117 e. The number of nitrogens with zero attached hydrogens (tertiary/aromatic N) is 1. The van der Waals surface area contributed by atoms with Gasteiger partial charge in [-0.25, -0.2) is 0 Å². The first-order valence-corrected chi connectivity index (χ1v) is 4.45. The largest absolute Gasteiger partial charge is 0.508 e. The second kappa shape index (κ2) is 3.69. The van der Waals surface area contributed by atoms with E-state index in [0.717, 1.165) is 17.6 Å². The van der Waals surface area contributed by atoms with Crippen molar-refractivity contribution in [2.24, 2.45) is 0 Å². The summed E-state index contributed by atoms with van der Waals surface area (Å²) in [6.07, 6.45) is 4.96. The monoisotopic (exact) mass is 179 g/mol. The van der Waals surface area contributed by atoms with E-state index in [9.17, 15) is 5.11 Å². The molecule has 0 atom stereocenters. The minimum Gasteiger partial charge on any atom is -0.508 e. The summed E-state index contributed by atoms with van der Waals surface area (Å²) in [5, 5.41) is 9.57. The minimum atomic E-state index is 0.455. The Kier molecular flexibility index (Phi) is 2.81. The van der Waals surface area contributed by atoms with Crippen molar-refractivity contribution in [1.82, 2.24) is 4.90 Å². The Morgan fingerprint density at radius 3 is 2.46 bits per heavy atom. The Morgan fingerprint density at radius 1 is 1.38 bits per heavy atom. The molecule has 13 heavy (non-hydrogen) atoms. The highest BCUT2D eigenvalue weighted by Crippen LogP contribution is 2.26. The van der Waals surface area contributed by atoms with Crippen LogP contribution in [0.3, 0.4) is 0 Å². The third-order valence-corrected chi connectivity index (χ3v) is 2.07. The zero-order chi connectivity index (χ0) is 10.0. The third kappa shape index (κ3) is 2.38. The van der Waals surface area contributed by atoms with E-state index in [0.29, 0.717) is 5.76 Å². The summed E-state index contributed by atoms with van der Waals surface area (Å²) in [4.78, 5) is 2.02. The molecule has 0 radical (unpaired) electrons. The first-order valence-electron chi connectivity index (χ1n) is 4.45. The standard InChI is InChI=1S/C11H17NO/c1-8-5-10(7-12(3)4)6-9(2)11(8)13/h5,7,13H,6H2,1-4H3. The van der Waals surface area contributed by atoms with Crippen molar-refractivity contribution in [1.29, 1.82) is 0 Å². The van der Waals surface area contributed by atoms with E-state index >= 15 is 0 Å². The summed E-state index contributed by atoms with van der Waals surface area (Å²) >= 11 is 0. The first kappa shape index (κ1) is 9.90. The Hall–Kier alpha value is -1.18. The van der Waals surface area contributed by atoms with Crippen molar-refractivity contribution in [2.45, 2.75) is 20.3 Å². The van der Waals surface area contributed by atoms with Crippen molar-refractivity contribution in [3.05, 3.63) is 34.8 Å². The molecule has 0 aromatic rings. The topological polar surface area (TPSA) is 23.5 Å². The van der Waals surface area contributed by atoms with E-state index in [1.54, 1.807) is 0 Å².